The molecular weight excluding hydrogens is 338 g/mol. The standard InChI is InChI=1S/C20H16F2N2S/c1-13-4-6-14(7-5-13)17-12-19(20-3-2-10-25-20)24(23-17)18-9-8-15(21)11-16(18)22/h2-11,19H,12H2,1H3/t19-/m0/s1. The van der Waals surface area contributed by atoms with Crippen LogP contribution in [0.25, 0.3) is 0 Å². The minimum Gasteiger partial charge on any atom is -0.254 e. The van der Waals surface area contributed by atoms with Crippen molar-refractivity contribution >= 4 is 22.7 Å². The van der Waals surface area contributed by atoms with Gasteiger partial charge in [0.1, 0.15) is 5.82 Å². The molecular formula is C20H16F2N2S. The number of rotatable bonds is 3. The Labute approximate surface area is 149 Å². The molecule has 1 atom stereocenters. The Bertz CT molecular complexity index is 917. The van der Waals surface area contributed by atoms with Crippen molar-refractivity contribution < 1.29 is 8.78 Å². The van der Waals surface area contributed by atoms with Gasteiger partial charge in [-0.15, -0.1) is 11.3 Å². The zero-order valence-corrected chi connectivity index (χ0v) is 14.4. The Morgan fingerprint density at radius 3 is 2.56 bits per heavy atom. The highest BCUT2D eigenvalue weighted by Crippen LogP contribution is 2.39. The lowest BCUT2D eigenvalue weighted by molar-refractivity contribution is 0.574. The third-order valence-electron chi connectivity index (χ3n) is 4.32. The maximum absolute atomic E-state index is 14.4. The second-order valence-corrected chi connectivity index (χ2v) is 7.07. The molecule has 0 radical (unpaired) electrons. The van der Waals surface area contributed by atoms with Crippen molar-refractivity contribution in [3.8, 4) is 0 Å². The van der Waals surface area contributed by atoms with Crippen LogP contribution >= 0.6 is 11.3 Å². The largest absolute Gasteiger partial charge is 0.254 e. The van der Waals surface area contributed by atoms with Gasteiger partial charge in [0.2, 0.25) is 0 Å². The molecule has 0 spiro atoms. The minimum atomic E-state index is -0.601. The molecule has 2 heterocycles. The summed E-state index contributed by atoms with van der Waals surface area (Å²) in [6.45, 7) is 2.04. The van der Waals surface area contributed by atoms with E-state index in [0.717, 1.165) is 22.2 Å². The molecule has 4 rings (SSSR count). The SMILES string of the molecule is Cc1ccc(C2=NN(c3ccc(F)cc3F)[C@H](c3cccs3)C2)cc1. The Hall–Kier alpha value is -2.53. The molecule has 0 fully saturated rings. The summed E-state index contributed by atoms with van der Waals surface area (Å²) in [4.78, 5) is 1.11. The van der Waals surface area contributed by atoms with Gasteiger partial charge in [-0.25, -0.2) is 8.78 Å². The first-order valence-electron chi connectivity index (χ1n) is 8.04. The first kappa shape index (κ1) is 16.0. The van der Waals surface area contributed by atoms with E-state index in [-0.39, 0.29) is 6.04 Å². The third kappa shape index (κ3) is 3.07. The molecule has 2 aromatic carbocycles. The number of benzene rings is 2. The van der Waals surface area contributed by atoms with Gasteiger partial charge in [-0.05, 0) is 36.1 Å². The number of nitrogens with zero attached hydrogens (tertiary/aromatic N) is 2. The summed E-state index contributed by atoms with van der Waals surface area (Å²) in [5.74, 6) is -1.19. The van der Waals surface area contributed by atoms with Gasteiger partial charge in [0.15, 0.2) is 5.82 Å². The summed E-state index contributed by atoms with van der Waals surface area (Å²) in [6, 6.07) is 15.7. The number of hydrogen-bond acceptors (Lipinski definition) is 3. The molecule has 0 bridgehead atoms. The van der Waals surface area contributed by atoms with Crippen LogP contribution in [0.3, 0.4) is 0 Å². The fourth-order valence-corrected chi connectivity index (χ4v) is 3.83. The van der Waals surface area contributed by atoms with Crippen LogP contribution in [0.4, 0.5) is 14.5 Å². The van der Waals surface area contributed by atoms with Gasteiger partial charge in [0.25, 0.3) is 0 Å². The summed E-state index contributed by atoms with van der Waals surface area (Å²) in [5.41, 5.74) is 3.40. The van der Waals surface area contributed by atoms with E-state index in [0.29, 0.717) is 12.1 Å². The molecule has 0 amide bonds. The predicted molar refractivity (Wildman–Crippen MR) is 98.2 cm³/mol. The highest BCUT2D eigenvalue weighted by molar-refractivity contribution is 7.10. The molecule has 126 valence electrons. The van der Waals surface area contributed by atoms with E-state index in [9.17, 15) is 8.78 Å². The van der Waals surface area contributed by atoms with Crippen LogP contribution in [-0.2, 0) is 0 Å². The average molecular weight is 354 g/mol. The van der Waals surface area contributed by atoms with E-state index in [1.165, 1.54) is 17.7 Å². The van der Waals surface area contributed by atoms with E-state index >= 15 is 0 Å². The van der Waals surface area contributed by atoms with E-state index in [4.69, 9.17) is 0 Å². The molecule has 0 unspecified atom stereocenters. The number of thiophene rings is 1. The van der Waals surface area contributed by atoms with Gasteiger partial charge in [0, 0.05) is 17.4 Å². The van der Waals surface area contributed by atoms with Crippen molar-refractivity contribution in [1.29, 1.82) is 0 Å². The maximum atomic E-state index is 14.4. The molecule has 25 heavy (non-hydrogen) atoms. The van der Waals surface area contributed by atoms with Crippen LogP contribution in [0.15, 0.2) is 65.1 Å². The number of anilines is 1. The number of aryl methyl sites for hydroxylation is 1. The number of halogens is 2. The fraction of sp³-hybridized carbons (Fsp3) is 0.150. The smallest absolute Gasteiger partial charge is 0.151 e. The lowest BCUT2D eigenvalue weighted by Gasteiger charge is -2.23. The Morgan fingerprint density at radius 1 is 1.08 bits per heavy atom. The third-order valence-corrected chi connectivity index (χ3v) is 5.30. The van der Waals surface area contributed by atoms with Gasteiger partial charge in [-0.3, -0.25) is 5.01 Å². The summed E-state index contributed by atoms with van der Waals surface area (Å²) < 4.78 is 27.6. The maximum Gasteiger partial charge on any atom is 0.151 e. The van der Waals surface area contributed by atoms with Crippen LogP contribution in [0.1, 0.15) is 28.5 Å². The molecule has 5 heteroatoms. The van der Waals surface area contributed by atoms with E-state index in [2.05, 4.69) is 5.10 Å². The second-order valence-electron chi connectivity index (χ2n) is 6.09. The van der Waals surface area contributed by atoms with Gasteiger partial charge in [0.05, 0.1) is 17.4 Å². The quantitative estimate of drug-likeness (QED) is 0.590. The van der Waals surface area contributed by atoms with Gasteiger partial charge < -0.3 is 0 Å². The van der Waals surface area contributed by atoms with Gasteiger partial charge in [-0.2, -0.15) is 5.10 Å². The lowest BCUT2D eigenvalue weighted by Crippen LogP contribution is -2.18. The van der Waals surface area contributed by atoms with Gasteiger partial charge >= 0.3 is 0 Å². The highest BCUT2D eigenvalue weighted by Gasteiger charge is 2.32. The monoisotopic (exact) mass is 354 g/mol. The van der Waals surface area contributed by atoms with Crippen molar-refractivity contribution in [3.63, 3.8) is 0 Å². The Kier molecular flexibility index (Phi) is 4.09. The molecule has 2 nitrogen and oxygen atoms in total. The summed E-state index contributed by atoms with van der Waals surface area (Å²) in [5, 5.41) is 8.36. The van der Waals surface area contributed by atoms with Crippen molar-refractivity contribution in [2.24, 2.45) is 5.10 Å². The van der Waals surface area contributed by atoms with Crippen LogP contribution in [0.5, 0.6) is 0 Å². The van der Waals surface area contributed by atoms with Crippen molar-refractivity contribution in [1.82, 2.24) is 0 Å². The number of hydrogen-bond donors (Lipinski definition) is 0. The van der Waals surface area contributed by atoms with Crippen molar-refractivity contribution in [2.45, 2.75) is 19.4 Å². The molecule has 0 saturated carbocycles. The zero-order valence-electron chi connectivity index (χ0n) is 13.6. The molecule has 0 N–H and O–H groups in total. The molecule has 0 saturated heterocycles. The van der Waals surface area contributed by atoms with Crippen molar-refractivity contribution in [3.05, 3.63) is 87.6 Å². The molecule has 1 aromatic heterocycles. The second kappa shape index (κ2) is 6.41. The average Bonchev–Trinajstić information content (AvgIpc) is 3.24. The normalized spacial score (nSPS) is 17.0. The van der Waals surface area contributed by atoms with Gasteiger partial charge in [-0.1, -0.05) is 35.9 Å². The first-order chi connectivity index (χ1) is 12.1. The van der Waals surface area contributed by atoms with E-state index in [1.54, 1.807) is 16.3 Å². The fourth-order valence-electron chi connectivity index (χ4n) is 3.02. The highest BCUT2D eigenvalue weighted by atomic mass is 32.1. The van der Waals surface area contributed by atoms with E-state index in [1.807, 2.05) is 48.7 Å². The molecule has 1 aliphatic rings. The Balaban J connectivity index is 1.77. The van der Waals surface area contributed by atoms with Crippen LogP contribution in [0.2, 0.25) is 0 Å². The minimum absolute atomic E-state index is 0.0868. The van der Waals surface area contributed by atoms with Crippen LogP contribution in [-0.4, -0.2) is 5.71 Å². The lowest BCUT2D eigenvalue weighted by atomic mass is 10.0. The zero-order chi connectivity index (χ0) is 17.4. The van der Waals surface area contributed by atoms with Crippen LogP contribution in [0, 0.1) is 18.6 Å². The Morgan fingerprint density at radius 2 is 1.88 bits per heavy atom. The first-order valence-corrected chi connectivity index (χ1v) is 8.92. The summed E-state index contributed by atoms with van der Waals surface area (Å²) >= 11 is 1.62. The van der Waals surface area contributed by atoms with Crippen LogP contribution < -0.4 is 5.01 Å². The topological polar surface area (TPSA) is 15.6 Å². The predicted octanol–water partition coefficient (Wildman–Crippen LogP) is 5.69. The summed E-state index contributed by atoms with van der Waals surface area (Å²) in [6.07, 6.45) is 0.681. The number of hydrazone groups is 1. The molecule has 1 aliphatic heterocycles. The van der Waals surface area contributed by atoms with E-state index < -0.39 is 11.6 Å². The molecule has 3 aromatic rings. The van der Waals surface area contributed by atoms with Crippen molar-refractivity contribution in [2.75, 3.05) is 5.01 Å². The summed E-state index contributed by atoms with van der Waals surface area (Å²) in [7, 11) is 0. The molecule has 0 aliphatic carbocycles.